The third-order valence-corrected chi connectivity index (χ3v) is 6.17. The van der Waals surface area contributed by atoms with Crippen LogP contribution in [0.15, 0.2) is 103 Å². The molecule has 33 heavy (non-hydrogen) atoms. The first-order chi connectivity index (χ1) is 16.2. The van der Waals surface area contributed by atoms with Gasteiger partial charge in [-0.1, -0.05) is 90.5 Å². The van der Waals surface area contributed by atoms with Crippen LogP contribution in [-0.4, -0.2) is 9.55 Å². The molecule has 0 saturated carbocycles. The number of anilines is 1. The molecule has 0 saturated heterocycles. The van der Waals surface area contributed by atoms with Crippen molar-refractivity contribution in [3.63, 3.8) is 0 Å². The first-order valence-electron chi connectivity index (χ1n) is 11.0. The molecule has 1 unspecified atom stereocenters. The van der Waals surface area contributed by atoms with E-state index in [2.05, 4.69) is 65.3 Å². The fourth-order valence-electron chi connectivity index (χ4n) is 4.56. The molecule has 4 aromatic carbocycles. The number of rotatable bonds is 3. The van der Waals surface area contributed by atoms with Crippen molar-refractivity contribution < 1.29 is 4.39 Å². The van der Waals surface area contributed by atoms with Crippen LogP contribution in [0.1, 0.15) is 17.3 Å². The first kappa shape index (κ1) is 19.5. The molecule has 0 spiro atoms. The van der Waals surface area contributed by atoms with Gasteiger partial charge in [-0.25, -0.2) is 9.37 Å². The lowest BCUT2D eigenvalue weighted by molar-refractivity contribution is 0.622. The van der Waals surface area contributed by atoms with Crippen LogP contribution in [-0.2, 0) is 0 Å². The van der Waals surface area contributed by atoms with Crippen LogP contribution in [0.4, 0.5) is 10.1 Å². The van der Waals surface area contributed by atoms with Crippen molar-refractivity contribution in [3.8, 4) is 33.9 Å². The molecule has 4 heteroatoms. The number of aromatic nitrogens is 2. The Kier molecular flexibility index (Phi) is 4.58. The Hall–Kier alpha value is -4.18. The Morgan fingerprint density at radius 3 is 2.15 bits per heavy atom. The number of halogens is 1. The summed E-state index contributed by atoms with van der Waals surface area (Å²) in [6.07, 6.45) is -0.182. The molecule has 1 N–H and O–H groups in total. The predicted octanol–water partition coefficient (Wildman–Crippen LogP) is 7.30. The highest BCUT2D eigenvalue weighted by Gasteiger charge is 2.32. The maximum absolute atomic E-state index is 14.3. The standard InChI is InChI=1S/C29H22FN3/c1-19-12-14-22(15-13-19)28-31-25-17-16-23(30)18-24(25)29-32-26(20-8-4-2-5-9-20)27(33(28)29)21-10-6-3-7-11-21/h2-18,28,31H,1H3. The first-order valence-corrected chi connectivity index (χ1v) is 11.0. The van der Waals surface area contributed by atoms with E-state index in [-0.39, 0.29) is 12.0 Å². The van der Waals surface area contributed by atoms with Crippen LogP contribution < -0.4 is 5.32 Å². The zero-order valence-electron chi connectivity index (χ0n) is 18.2. The van der Waals surface area contributed by atoms with Gasteiger partial charge in [-0.05, 0) is 30.7 Å². The average Bonchev–Trinajstić information content (AvgIpc) is 3.26. The number of hydrogen-bond donors (Lipinski definition) is 1. The smallest absolute Gasteiger partial charge is 0.145 e. The molecule has 2 heterocycles. The van der Waals surface area contributed by atoms with E-state index in [1.165, 1.54) is 11.6 Å². The van der Waals surface area contributed by atoms with Crippen molar-refractivity contribution in [2.24, 2.45) is 0 Å². The minimum absolute atomic E-state index is 0.182. The molecular formula is C29H22FN3. The summed E-state index contributed by atoms with van der Waals surface area (Å²) in [5.41, 5.74) is 7.93. The molecule has 0 fully saturated rings. The number of aryl methyl sites for hydroxylation is 1. The fourth-order valence-corrected chi connectivity index (χ4v) is 4.56. The van der Waals surface area contributed by atoms with Crippen LogP contribution in [0.3, 0.4) is 0 Å². The van der Waals surface area contributed by atoms with E-state index in [9.17, 15) is 4.39 Å². The molecule has 0 amide bonds. The van der Waals surface area contributed by atoms with Crippen LogP contribution in [0.5, 0.6) is 0 Å². The summed E-state index contributed by atoms with van der Waals surface area (Å²) in [4.78, 5) is 5.13. The van der Waals surface area contributed by atoms with E-state index in [0.29, 0.717) is 0 Å². The molecule has 6 rings (SSSR count). The van der Waals surface area contributed by atoms with Gasteiger partial charge in [-0.15, -0.1) is 0 Å². The number of hydrogen-bond acceptors (Lipinski definition) is 2. The zero-order valence-corrected chi connectivity index (χ0v) is 18.2. The van der Waals surface area contributed by atoms with Gasteiger partial charge in [0, 0.05) is 22.4 Å². The van der Waals surface area contributed by atoms with E-state index >= 15 is 0 Å². The third-order valence-electron chi connectivity index (χ3n) is 6.17. The van der Waals surface area contributed by atoms with Crippen LogP contribution in [0.2, 0.25) is 0 Å². The number of benzene rings is 4. The highest BCUT2D eigenvalue weighted by atomic mass is 19.1. The lowest BCUT2D eigenvalue weighted by Crippen LogP contribution is -2.25. The molecule has 1 aliphatic rings. The second-order valence-corrected chi connectivity index (χ2v) is 8.38. The molecular weight excluding hydrogens is 409 g/mol. The van der Waals surface area contributed by atoms with E-state index in [1.54, 1.807) is 12.1 Å². The fraction of sp³-hybridized carbons (Fsp3) is 0.0690. The number of imidazole rings is 1. The number of nitrogens with one attached hydrogen (secondary N) is 1. The van der Waals surface area contributed by atoms with Crippen LogP contribution in [0.25, 0.3) is 33.9 Å². The molecule has 0 aliphatic carbocycles. The summed E-state index contributed by atoms with van der Waals surface area (Å²) in [5.74, 6) is 0.480. The van der Waals surface area contributed by atoms with Gasteiger partial charge in [0.15, 0.2) is 0 Å². The molecule has 0 radical (unpaired) electrons. The number of fused-ring (bicyclic) bond motifs is 3. The van der Waals surface area contributed by atoms with Crippen LogP contribution in [0, 0.1) is 12.7 Å². The van der Waals surface area contributed by atoms with E-state index < -0.39 is 0 Å². The van der Waals surface area contributed by atoms with Crippen molar-refractivity contribution >= 4 is 5.69 Å². The topological polar surface area (TPSA) is 29.9 Å². The molecule has 3 nitrogen and oxygen atoms in total. The average molecular weight is 432 g/mol. The zero-order chi connectivity index (χ0) is 22.4. The van der Waals surface area contributed by atoms with Gasteiger partial charge >= 0.3 is 0 Å². The molecule has 1 atom stereocenters. The van der Waals surface area contributed by atoms with Gasteiger partial charge in [-0.3, -0.25) is 4.57 Å². The maximum Gasteiger partial charge on any atom is 0.145 e. The second kappa shape index (κ2) is 7.75. The van der Waals surface area contributed by atoms with Crippen LogP contribution >= 0.6 is 0 Å². The Labute approximate surface area is 192 Å². The van der Waals surface area contributed by atoms with Gasteiger partial charge < -0.3 is 5.32 Å². The molecule has 5 aromatic rings. The van der Waals surface area contributed by atoms with Crippen molar-refractivity contribution in [1.29, 1.82) is 0 Å². The SMILES string of the molecule is Cc1ccc(C2Nc3ccc(F)cc3-c3nc(-c4ccccc4)c(-c4ccccc4)n32)cc1. The van der Waals surface area contributed by atoms with Gasteiger partial charge in [0.2, 0.25) is 0 Å². The maximum atomic E-state index is 14.3. The normalized spacial score (nSPS) is 14.3. The minimum Gasteiger partial charge on any atom is -0.361 e. The quantitative estimate of drug-likeness (QED) is 0.325. The molecule has 1 aromatic heterocycles. The summed E-state index contributed by atoms with van der Waals surface area (Å²) in [6, 6.07) is 33.9. The monoisotopic (exact) mass is 431 g/mol. The summed E-state index contributed by atoms with van der Waals surface area (Å²) in [6.45, 7) is 2.09. The summed E-state index contributed by atoms with van der Waals surface area (Å²) in [7, 11) is 0. The molecule has 0 bridgehead atoms. The van der Waals surface area contributed by atoms with Gasteiger partial charge in [0.05, 0.1) is 11.4 Å². The van der Waals surface area contributed by atoms with Crippen molar-refractivity contribution in [2.75, 3.05) is 5.32 Å². The lowest BCUT2D eigenvalue weighted by Gasteiger charge is -2.31. The Balaban J connectivity index is 1.70. The van der Waals surface area contributed by atoms with Gasteiger partial charge in [0.25, 0.3) is 0 Å². The largest absolute Gasteiger partial charge is 0.361 e. The second-order valence-electron chi connectivity index (χ2n) is 8.38. The van der Waals surface area contributed by atoms with E-state index in [0.717, 1.165) is 45.2 Å². The highest BCUT2D eigenvalue weighted by Crippen LogP contribution is 2.45. The van der Waals surface area contributed by atoms with E-state index in [4.69, 9.17) is 4.98 Å². The Morgan fingerprint density at radius 2 is 1.45 bits per heavy atom. The highest BCUT2D eigenvalue weighted by molar-refractivity contribution is 5.87. The minimum atomic E-state index is -0.276. The van der Waals surface area contributed by atoms with Crippen molar-refractivity contribution in [2.45, 2.75) is 13.1 Å². The van der Waals surface area contributed by atoms with Gasteiger partial charge in [0.1, 0.15) is 17.8 Å². The predicted molar refractivity (Wildman–Crippen MR) is 131 cm³/mol. The number of nitrogens with zero attached hydrogens (tertiary/aromatic N) is 2. The summed E-state index contributed by atoms with van der Waals surface area (Å²) < 4.78 is 16.6. The van der Waals surface area contributed by atoms with Gasteiger partial charge in [-0.2, -0.15) is 0 Å². The summed E-state index contributed by atoms with van der Waals surface area (Å²) >= 11 is 0. The molecule has 160 valence electrons. The van der Waals surface area contributed by atoms with Crippen molar-refractivity contribution in [1.82, 2.24) is 9.55 Å². The third kappa shape index (κ3) is 3.31. The Bertz CT molecular complexity index is 1440. The Morgan fingerprint density at radius 1 is 0.788 bits per heavy atom. The van der Waals surface area contributed by atoms with E-state index in [1.807, 2.05) is 36.4 Å². The van der Waals surface area contributed by atoms with Crippen molar-refractivity contribution in [3.05, 3.63) is 120 Å². The summed E-state index contributed by atoms with van der Waals surface area (Å²) in [5, 5.41) is 3.65. The molecule has 1 aliphatic heterocycles. The lowest BCUT2D eigenvalue weighted by atomic mass is 10.0.